The third-order valence-corrected chi connectivity index (χ3v) is 4.62. The molecular formula is C27H21F3O5. The van der Waals surface area contributed by atoms with Crippen molar-refractivity contribution in [3.05, 3.63) is 95.8 Å². The Hall–Kier alpha value is -4.33. The van der Waals surface area contributed by atoms with Crippen molar-refractivity contribution < 1.29 is 36.7 Å². The molecule has 8 heteroatoms. The summed E-state index contributed by atoms with van der Waals surface area (Å²) in [6, 6.07) is 13.3. The van der Waals surface area contributed by atoms with E-state index < -0.39 is 29.4 Å². The molecule has 1 heterocycles. The average Bonchev–Trinajstić information content (AvgIpc) is 3.27. The van der Waals surface area contributed by atoms with Gasteiger partial charge in [-0.15, -0.1) is 0 Å². The Labute approximate surface area is 199 Å². The number of carbonyl (C=O) groups excluding carboxylic acids is 2. The molecule has 0 atom stereocenters. The van der Waals surface area contributed by atoms with Crippen molar-refractivity contribution in [3.63, 3.8) is 0 Å². The van der Waals surface area contributed by atoms with Crippen LogP contribution in [0.2, 0.25) is 0 Å². The average molecular weight is 482 g/mol. The zero-order valence-electron chi connectivity index (χ0n) is 18.9. The van der Waals surface area contributed by atoms with E-state index in [4.69, 9.17) is 13.9 Å². The third-order valence-electron chi connectivity index (χ3n) is 4.62. The molecule has 0 aliphatic heterocycles. The molecule has 3 aromatic rings. The Morgan fingerprint density at radius 3 is 2.09 bits per heavy atom. The van der Waals surface area contributed by atoms with E-state index in [2.05, 4.69) is 13.2 Å². The normalized spacial score (nSPS) is 11.3. The number of carbonyl (C=O) groups is 2. The van der Waals surface area contributed by atoms with Gasteiger partial charge in [0.15, 0.2) is 0 Å². The second-order valence-corrected chi connectivity index (χ2v) is 7.65. The van der Waals surface area contributed by atoms with Crippen molar-refractivity contribution >= 4 is 24.1 Å². The van der Waals surface area contributed by atoms with E-state index >= 15 is 0 Å². The fourth-order valence-electron chi connectivity index (χ4n) is 2.81. The van der Waals surface area contributed by atoms with Crippen molar-refractivity contribution in [2.45, 2.75) is 20.0 Å². The lowest BCUT2D eigenvalue weighted by molar-refractivity contribution is -0.141. The van der Waals surface area contributed by atoms with Crippen molar-refractivity contribution in [2.24, 2.45) is 0 Å². The highest BCUT2D eigenvalue weighted by molar-refractivity contribution is 5.89. The molecule has 1 aromatic heterocycles. The van der Waals surface area contributed by atoms with Gasteiger partial charge in [-0.3, -0.25) is 0 Å². The number of esters is 2. The van der Waals surface area contributed by atoms with Crippen LogP contribution in [-0.2, 0) is 15.8 Å². The summed E-state index contributed by atoms with van der Waals surface area (Å²) in [4.78, 5) is 23.3. The fraction of sp³-hybridized carbons (Fsp3) is 0.111. The molecule has 2 aromatic carbocycles. The highest BCUT2D eigenvalue weighted by Gasteiger charge is 2.35. The number of halogens is 3. The maximum Gasteiger partial charge on any atom is 0.420 e. The summed E-state index contributed by atoms with van der Waals surface area (Å²) in [6.45, 7) is 9.78. The number of rotatable bonds is 7. The van der Waals surface area contributed by atoms with Gasteiger partial charge in [0, 0.05) is 16.7 Å². The van der Waals surface area contributed by atoms with E-state index in [9.17, 15) is 22.8 Å². The van der Waals surface area contributed by atoms with E-state index in [-0.39, 0.29) is 16.7 Å². The highest BCUT2D eigenvalue weighted by Crippen LogP contribution is 2.37. The van der Waals surface area contributed by atoms with E-state index in [0.29, 0.717) is 22.8 Å². The number of furan rings is 1. The van der Waals surface area contributed by atoms with Crippen molar-refractivity contribution in [1.82, 2.24) is 0 Å². The maximum absolute atomic E-state index is 13.5. The molecule has 0 spiro atoms. The molecule has 0 N–H and O–H groups in total. The summed E-state index contributed by atoms with van der Waals surface area (Å²) in [5.74, 6) is -0.793. The van der Waals surface area contributed by atoms with Gasteiger partial charge in [0.05, 0.1) is 5.56 Å². The predicted octanol–water partition coefficient (Wildman–Crippen LogP) is 7.10. The second kappa shape index (κ2) is 10.3. The number of hydrogen-bond acceptors (Lipinski definition) is 5. The van der Waals surface area contributed by atoms with Gasteiger partial charge >= 0.3 is 18.1 Å². The van der Waals surface area contributed by atoms with Crippen molar-refractivity contribution in [1.29, 1.82) is 0 Å². The topological polar surface area (TPSA) is 65.7 Å². The molecule has 0 fully saturated rings. The molecule has 0 bridgehead atoms. The lowest BCUT2D eigenvalue weighted by atomic mass is 10.1. The van der Waals surface area contributed by atoms with Crippen LogP contribution in [0.4, 0.5) is 13.2 Å². The monoisotopic (exact) mass is 482 g/mol. The molecule has 5 nitrogen and oxygen atoms in total. The summed E-state index contributed by atoms with van der Waals surface area (Å²) in [5, 5.41) is 0. The molecule has 0 saturated heterocycles. The first kappa shape index (κ1) is 25.3. The molecule has 180 valence electrons. The SMILES string of the molecule is C=C(C)C(=O)Oc1ccc(-c2ccc(/C=C/c3ccc(OC(=O)C(=C)C)c(C(F)(F)F)c3)o2)cc1. The van der Waals surface area contributed by atoms with Crippen LogP contribution in [0.3, 0.4) is 0 Å². The molecule has 0 saturated carbocycles. The minimum absolute atomic E-state index is 0.0155. The quantitative estimate of drug-likeness (QED) is 0.204. The van der Waals surface area contributed by atoms with Gasteiger partial charge in [0.2, 0.25) is 0 Å². The van der Waals surface area contributed by atoms with Crippen LogP contribution in [-0.4, -0.2) is 11.9 Å². The Kier molecular flexibility index (Phi) is 7.44. The lowest BCUT2D eigenvalue weighted by Crippen LogP contribution is -2.14. The van der Waals surface area contributed by atoms with Crippen LogP contribution in [0.5, 0.6) is 11.5 Å². The van der Waals surface area contributed by atoms with Crippen LogP contribution < -0.4 is 9.47 Å². The Morgan fingerprint density at radius 1 is 0.857 bits per heavy atom. The number of benzene rings is 2. The Balaban J connectivity index is 1.77. The van der Waals surface area contributed by atoms with Gasteiger partial charge < -0.3 is 13.9 Å². The fourth-order valence-corrected chi connectivity index (χ4v) is 2.81. The number of alkyl halides is 3. The van der Waals surface area contributed by atoms with Gasteiger partial charge in [-0.2, -0.15) is 13.2 Å². The van der Waals surface area contributed by atoms with Gasteiger partial charge in [-0.05, 0) is 74.0 Å². The standard InChI is InChI=1S/C27H21F3O5/c1-16(2)25(31)34-21-10-7-19(8-11-21)23-14-12-20(33-23)9-5-18-6-13-24(35-26(32)17(3)4)22(15-18)27(28,29)30/h5-15H,1,3H2,2,4H3/b9-5+. The molecule has 35 heavy (non-hydrogen) atoms. The van der Waals surface area contributed by atoms with Crippen molar-refractivity contribution in [2.75, 3.05) is 0 Å². The predicted molar refractivity (Wildman–Crippen MR) is 125 cm³/mol. The van der Waals surface area contributed by atoms with Gasteiger partial charge in [-0.25, -0.2) is 9.59 Å². The number of ether oxygens (including phenoxy) is 2. The summed E-state index contributed by atoms with van der Waals surface area (Å²) >= 11 is 0. The van der Waals surface area contributed by atoms with Crippen LogP contribution >= 0.6 is 0 Å². The summed E-state index contributed by atoms with van der Waals surface area (Å²) < 4.78 is 56.1. The van der Waals surface area contributed by atoms with Crippen LogP contribution in [0, 0.1) is 0 Å². The van der Waals surface area contributed by atoms with E-state index in [1.54, 1.807) is 43.3 Å². The molecule has 3 rings (SSSR count). The lowest BCUT2D eigenvalue weighted by Gasteiger charge is -2.13. The second-order valence-electron chi connectivity index (χ2n) is 7.65. The largest absolute Gasteiger partial charge is 0.457 e. The molecule has 0 amide bonds. The first-order chi connectivity index (χ1) is 16.4. The van der Waals surface area contributed by atoms with Gasteiger partial charge in [0.1, 0.15) is 23.0 Å². The zero-order valence-corrected chi connectivity index (χ0v) is 18.9. The summed E-state index contributed by atoms with van der Waals surface area (Å²) in [5.41, 5.74) is 0.123. The van der Waals surface area contributed by atoms with Crippen LogP contribution in [0.15, 0.2) is 83.3 Å². The molecular weight excluding hydrogens is 461 g/mol. The smallest absolute Gasteiger partial charge is 0.420 e. The Bertz CT molecular complexity index is 1310. The molecule has 0 unspecified atom stereocenters. The Morgan fingerprint density at radius 2 is 1.49 bits per heavy atom. The van der Waals surface area contributed by atoms with E-state index in [1.165, 1.54) is 25.1 Å². The maximum atomic E-state index is 13.5. The van der Waals surface area contributed by atoms with Gasteiger partial charge in [-0.1, -0.05) is 25.3 Å². The summed E-state index contributed by atoms with van der Waals surface area (Å²) in [7, 11) is 0. The van der Waals surface area contributed by atoms with E-state index in [0.717, 1.165) is 12.1 Å². The van der Waals surface area contributed by atoms with Crippen LogP contribution in [0.25, 0.3) is 23.5 Å². The highest BCUT2D eigenvalue weighted by atomic mass is 19.4. The van der Waals surface area contributed by atoms with Crippen LogP contribution in [0.1, 0.15) is 30.7 Å². The minimum atomic E-state index is -4.72. The number of hydrogen-bond donors (Lipinski definition) is 0. The molecule has 0 aliphatic carbocycles. The third kappa shape index (κ3) is 6.60. The van der Waals surface area contributed by atoms with Gasteiger partial charge in [0.25, 0.3) is 0 Å². The molecule has 0 radical (unpaired) electrons. The minimum Gasteiger partial charge on any atom is -0.457 e. The first-order valence-corrected chi connectivity index (χ1v) is 10.3. The van der Waals surface area contributed by atoms with Crippen molar-refractivity contribution in [3.8, 4) is 22.8 Å². The summed E-state index contributed by atoms with van der Waals surface area (Å²) in [6.07, 6.45) is -1.76. The zero-order chi connectivity index (χ0) is 25.8. The first-order valence-electron chi connectivity index (χ1n) is 10.3. The van der Waals surface area contributed by atoms with E-state index in [1.807, 2.05) is 0 Å². The molecule has 0 aliphatic rings.